The Hall–Kier alpha value is -0.820. The summed E-state index contributed by atoms with van der Waals surface area (Å²) in [5.41, 5.74) is 6.05. The molecular weight excluding hydrogens is 323 g/mol. The zero-order valence-corrected chi connectivity index (χ0v) is 13.0. The highest BCUT2D eigenvalue weighted by Gasteiger charge is 2.16. The van der Waals surface area contributed by atoms with Gasteiger partial charge in [0.15, 0.2) is 0 Å². The van der Waals surface area contributed by atoms with Crippen LogP contribution >= 0.6 is 23.2 Å². The van der Waals surface area contributed by atoms with E-state index >= 15 is 0 Å². The molecule has 0 radical (unpaired) electrons. The summed E-state index contributed by atoms with van der Waals surface area (Å²) >= 11 is 11.9. The third-order valence-corrected chi connectivity index (χ3v) is 5.43. The summed E-state index contributed by atoms with van der Waals surface area (Å²) in [4.78, 5) is 10.6. The van der Waals surface area contributed by atoms with Gasteiger partial charge < -0.3 is 10.8 Å². The van der Waals surface area contributed by atoms with Crippen molar-refractivity contribution in [3.05, 3.63) is 33.8 Å². The molecule has 0 spiro atoms. The third kappa shape index (κ3) is 5.28. The van der Waals surface area contributed by atoms with E-state index in [1.54, 1.807) is 18.2 Å². The molecule has 8 heteroatoms. The highest BCUT2D eigenvalue weighted by atomic mass is 35.5. The molecule has 1 aromatic rings. The van der Waals surface area contributed by atoms with Crippen LogP contribution < -0.4 is 5.73 Å². The number of nitrogens with two attached hydrogens (primary N) is 1. The van der Waals surface area contributed by atoms with E-state index in [4.69, 9.17) is 38.8 Å². The summed E-state index contributed by atoms with van der Waals surface area (Å²) < 4.78 is 19.8. The van der Waals surface area contributed by atoms with Crippen LogP contribution in [0.15, 0.2) is 18.2 Å². The molecule has 20 heavy (non-hydrogen) atoms. The highest BCUT2D eigenvalue weighted by Crippen LogP contribution is 2.26. The molecule has 1 aromatic carbocycles. The number of benzene rings is 1. The molecule has 0 aliphatic rings. The predicted molar refractivity (Wildman–Crippen MR) is 81.0 cm³/mol. The first-order valence-corrected chi connectivity index (χ1v) is 8.53. The first kappa shape index (κ1) is 17.2. The first-order chi connectivity index (χ1) is 9.23. The van der Waals surface area contributed by atoms with Gasteiger partial charge in [-0.2, -0.15) is 0 Å². The fraction of sp³-hybridized carbons (Fsp3) is 0.417. The van der Waals surface area contributed by atoms with Crippen molar-refractivity contribution in [3.63, 3.8) is 0 Å². The van der Waals surface area contributed by atoms with Gasteiger partial charge in [-0.05, 0) is 24.5 Å². The maximum absolute atomic E-state index is 12.0. The Balaban J connectivity index is 2.59. The largest absolute Gasteiger partial charge is 0.480 e. The van der Waals surface area contributed by atoms with Crippen molar-refractivity contribution >= 4 is 38.9 Å². The van der Waals surface area contributed by atoms with Crippen molar-refractivity contribution in [2.24, 2.45) is 5.73 Å². The standard InChI is InChI=1S/C12H16Cl2N2O3S/c13-9-3-1-2-8(11(9)14)4-6-20(16,19)7-5-10(15)12(17)18/h1-3,10,16H,4-7,15H2,(H,17,18)/t10-,20?/m0/s1. The number of halogens is 2. The number of nitrogens with one attached hydrogen (secondary N) is 1. The number of carbonyl (C=O) groups is 1. The van der Waals surface area contributed by atoms with Crippen LogP contribution in [0, 0.1) is 4.78 Å². The quantitative estimate of drug-likeness (QED) is 0.709. The predicted octanol–water partition coefficient (Wildman–Crippen LogP) is 2.38. The maximum atomic E-state index is 12.0. The average Bonchev–Trinajstić information content (AvgIpc) is 2.37. The number of hydrogen-bond donors (Lipinski definition) is 3. The minimum Gasteiger partial charge on any atom is -0.480 e. The summed E-state index contributed by atoms with van der Waals surface area (Å²) in [6.45, 7) is 0. The van der Waals surface area contributed by atoms with Gasteiger partial charge in [-0.15, -0.1) is 0 Å². The molecule has 0 aromatic heterocycles. The van der Waals surface area contributed by atoms with Crippen LogP contribution in [0.5, 0.6) is 0 Å². The molecule has 1 unspecified atom stereocenters. The first-order valence-electron chi connectivity index (χ1n) is 5.88. The summed E-state index contributed by atoms with van der Waals surface area (Å²) in [5, 5.41) is 9.45. The van der Waals surface area contributed by atoms with Crippen molar-refractivity contribution in [2.45, 2.75) is 18.9 Å². The summed E-state index contributed by atoms with van der Waals surface area (Å²) in [6.07, 6.45) is 0.366. The second kappa shape index (κ2) is 7.26. The van der Waals surface area contributed by atoms with E-state index < -0.39 is 21.7 Å². The third-order valence-electron chi connectivity index (χ3n) is 2.81. The number of carboxylic acid groups (broad SMARTS) is 1. The van der Waals surface area contributed by atoms with E-state index in [1.807, 2.05) is 0 Å². The van der Waals surface area contributed by atoms with Crippen molar-refractivity contribution in [1.29, 1.82) is 4.78 Å². The fourth-order valence-corrected chi connectivity index (χ4v) is 3.36. The molecule has 0 saturated carbocycles. The molecule has 5 nitrogen and oxygen atoms in total. The van der Waals surface area contributed by atoms with Gasteiger partial charge in [0.1, 0.15) is 6.04 Å². The highest BCUT2D eigenvalue weighted by molar-refractivity contribution is 7.92. The van der Waals surface area contributed by atoms with Gasteiger partial charge in [-0.25, -0.2) is 4.21 Å². The Bertz CT molecular complexity index is 590. The van der Waals surface area contributed by atoms with Crippen LogP contribution in [0.2, 0.25) is 10.0 Å². The normalized spacial score (nSPS) is 15.6. The van der Waals surface area contributed by atoms with Crippen LogP contribution in [-0.2, 0) is 20.9 Å². The van der Waals surface area contributed by atoms with Crippen LogP contribution in [0.25, 0.3) is 0 Å². The lowest BCUT2D eigenvalue weighted by Gasteiger charge is -2.11. The smallest absolute Gasteiger partial charge is 0.320 e. The zero-order chi connectivity index (χ0) is 15.3. The van der Waals surface area contributed by atoms with E-state index in [0.29, 0.717) is 16.5 Å². The molecule has 0 heterocycles. The topological polar surface area (TPSA) is 104 Å². The van der Waals surface area contributed by atoms with Gasteiger partial charge in [0.05, 0.1) is 10.0 Å². The summed E-state index contributed by atoms with van der Waals surface area (Å²) in [5.74, 6) is -1.10. The second-order valence-electron chi connectivity index (χ2n) is 4.42. The van der Waals surface area contributed by atoms with E-state index in [-0.39, 0.29) is 17.9 Å². The van der Waals surface area contributed by atoms with Gasteiger partial charge in [-0.1, -0.05) is 35.3 Å². The molecular formula is C12H16Cl2N2O3S. The average molecular weight is 339 g/mol. The summed E-state index contributed by atoms with van der Waals surface area (Å²) in [6, 6.07) is 4.05. The Morgan fingerprint density at radius 3 is 2.65 bits per heavy atom. The Morgan fingerprint density at radius 1 is 1.40 bits per heavy atom. The summed E-state index contributed by atoms with van der Waals surface area (Å²) in [7, 11) is -2.88. The zero-order valence-electron chi connectivity index (χ0n) is 10.6. The minimum absolute atomic E-state index is 0.0148. The lowest BCUT2D eigenvalue weighted by Crippen LogP contribution is -2.32. The van der Waals surface area contributed by atoms with Gasteiger partial charge in [0.25, 0.3) is 0 Å². The molecule has 0 aliphatic carbocycles. The van der Waals surface area contributed by atoms with Gasteiger partial charge in [0.2, 0.25) is 0 Å². The Labute approximate surface area is 128 Å². The molecule has 4 N–H and O–H groups in total. The van der Waals surface area contributed by atoms with Crippen LogP contribution in [0.1, 0.15) is 12.0 Å². The van der Waals surface area contributed by atoms with E-state index in [0.717, 1.165) is 5.56 Å². The van der Waals surface area contributed by atoms with Crippen molar-refractivity contribution in [2.75, 3.05) is 11.5 Å². The number of hydrogen-bond acceptors (Lipinski definition) is 4. The SMILES string of the molecule is N=S(=O)(CCc1cccc(Cl)c1Cl)CC[C@H](N)C(=O)O. The molecule has 0 saturated heterocycles. The fourth-order valence-electron chi connectivity index (χ4n) is 1.56. The number of aliphatic carboxylic acids is 1. The lowest BCUT2D eigenvalue weighted by molar-refractivity contribution is -0.138. The van der Waals surface area contributed by atoms with Crippen molar-refractivity contribution in [3.8, 4) is 0 Å². The molecule has 0 aliphatic heterocycles. The lowest BCUT2D eigenvalue weighted by atomic mass is 10.2. The number of carboxylic acids is 1. The van der Waals surface area contributed by atoms with Crippen LogP contribution in [-0.4, -0.2) is 32.8 Å². The van der Waals surface area contributed by atoms with E-state index in [2.05, 4.69) is 0 Å². The van der Waals surface area contributed by atoms with E-state index in [1.165, 1.54) is 0 Å². The van der Waals surface area contributed by atoms with Crippen LogP contribution in [0.3, 0.4) is 0 Å². The Kier molecular flexibility index (Phi) is 6.26. The van der Waals surface area contributed by atoms with Crippen LogP contribution in [0.4, 0.5) is 0 Å². The van der Waals surface area contributed by atoms with Gasteiger partial charge in [-0.3, -0.25) is 9.57 Å². The molecule has 0 amide bonds. The molecule has 0 fully saturated rings. The van der Waals surface area contributed by atoms with E-state index in [9.17, 15) is 9.00 Å². The molecule has 0 bridgehead atoms. The maximum Gasteiger partial charge on any atom is 0.320 e. The van der Waals surface area contributed by atoms with Gasteiger partial charge >= 0.3 is 5.97 Å². The molecule has 1 rings (SSSR count). The number of aryl methyl sites for hydroxylation is 1. The monoisotopic (exact) mass is 338 g/mol. The molecule has 112 valence electrons. The second-order valence-corrected chi connectivity index (χ2v) is 7.64. The Morgan fingerprint density at radius 2 is 2.05 bits per heavy atom. The number of rotatable bonds is 7. The van der Waals surface area contributed by atoms with Crippen molar-refractivity contribution < 1.29 is 14.1 Å². The van der Waals surface area contributed by atoms with Gasteiger partial charge in [0, 0.05) is 21.2 Å². The minimum atomic E-state index is -2.88. The molecule has 2 atom stereocenters. The van der Waals surface area contributed by atoms with Crippen molar-refractivity contribution in [1.82, 2.24) is 0 Å².